The Balaban J connectivity index is 0.000000321. The van der Waals surface area contributed by atoms with Gasteiger partial charge in [0.1, 0.15) is 34.7 Å². The minimum absolute atomic E-state index is 0.00206. The van der Waals surface area contributed by atoms with E-state index >= 15 is 0 Å². The fourth-order valence-corrected chi connectivity index (χ4v) is 15.1. The quantitative estimate of drug-likeness (QED) is 0.0325. The zero-order valence-corrected chi connectivity index (χ0v) is 70.0. The SMILES string of the molecule is C=C(C(C)C)C(C)(CCN)c1ccc(Br)cc1.CC(C)C(=O)C(C)(CCN)c1ccc(Cl)cc1.CC(C)C(=O)C(C)(CCN)c1ccc(Cl)cc1.CC(C)C(=O)C(CCN)c1ccc(Br)cc1.CC(C)C(=O)C1(c2ccc(Cl)c(F)c2)CCCCC1.CC(C)C(=O)C1(c2ccc(Cl)cc2)CCNC1. The van der Waals surface area contributed by atoms with Crippen molar-refractivity contribution in [3.05, 3.63) is 220 Å². The van der Waals surface area contributed by atoms with Crippen LogP contribution in [-0.4, -0.2) is 68.2 Å². The average Bonchev–Trinajstić information content (AvgIpc) is 1.71. The summed E-state index contributed by atoms with van der Waals surface area (Å²) < 4.78 is 15.9. The lowest BCUT2D eigenvalue weighted by Crippen LogP contribution is -2.40. The largest absolute Gasteiger partial charge is 0.330 e. The van der Waals surface area contributed by atoms with E-state index < -0.39 is 22.1 Å². The lowest BCUT2D eigenvalue weighted by Gasteiger charge is -2.37. The molecule has 5 unspecified atom stereocenters. The van der Waals surface area contributed by atoms with E-state index in [2.05, 4.69) is 88.8 Å². The Bertz CT molecular complexity index is 3430. The summed E-state index contributed by atoms with van der Waals surface area (Å²) in [5.74, 6) is 1.35. The maximum absolute atomic E-state index is 13.7. The zero-order valence-electron chi connectivity index (χ0n) is 63.8. The first-order valence-electron chi connectivity index (χ1n) is 36.5. The Hall–Kier alpha value is -4.74. The first-order valence-corrected chi connectivity index (χ1v) is 39.6. The van der Waals surface area contributed by atoms with E-state index in [4.69, 9.17) is 69.3 Å². The van der Waals surface area contributed by atoms with Gasteiger partial charge in [-0.25, -0.2) is 4.39 Å². The normalized spacial score (nSPS) is 16.7. The number of benzene rings is 6. The van der Waals surface area contributed by atoms with Gasteiger partial charge in [0.25, 0.3) is 0 Å². The fourth-order valence-electron chi connectivity index (χ4n) is 14.1. The number of hydrogen-bond donors (Lipinski definition) is 5. The number of carbonyl (C=O) groups is 5. The van der Waals surface area contributed by atoms with Crippen molar-refractivity contribution >= 4 is 107 Å². The first kappa shape index (κ1) is 92.5. The summed E-state index contributed by atoms with van der Waals surface area (Å²) in [5.41, 5.74) is 28.2. The molecule has 8 rings (SSSR count). The molecule has 566 valence electrons. The van der Waals surface area contributed by atoms with Gasteiger partial charge in [-0.1, -0.05) is 266 Å². The molecular formula is C86H118Br2Cl4FN5O5. The molecule has 1 aliphatic heterocycles. The Morgan fingerprint density at radius 2 is 0.854 bits per heavy atom. The predicted octanol–water partition coefficient (Wildman–Crippen LogP) is 21.4. The van der Waals surface area contributed by atoms with Crippen LogP contribution in [0.1, 0.15) is 207 Å². The van der Waals surface area contributed by atoms with E-state index in [9.17, 15) is 28.4 Å². The van der Waals surface area contributed by atoms with Gasteiger partial charge in [0.05, 0.1) is 26.7 Å². The molecule has 0 radical (unpaired) electrons. The molecule has 1 saturated heterocycles. The number of allylic oxidation sites excluding steroid dienone is 1. The van der Waals surface area contributed by atoms with Crippen LogP contribution >= 0.6 is 78.3 Å². The zero-order chi connectivity index (χ0) is 77.8. The third kappa shape index (κ3) is 26.0. The highest BCUT2D eigenvalue weighted by Gasteiger charge is 2.45. The second kappa shape index (κ2) is 43.9. The van der Waals surface area contributed by atoms with Crippen molar-refractivity contribution in [3.8, 4) is 0 Å². The molecule has 6 aromatic rings. The number of nitrogens with one attached hydrogen (secondary N) is 1. The van der Waals surface area contributed by atoms with Gasteiger partial charge < -0.3 is 28.3 Å². The summed E-state index contributed by atoms with van der Waals surface area (Å²) in [5, 5.41) is 5.50. The molecular weight excluding hydrogens is 1500 g/mol. The third-order valence-electron chi connectivity index (χ3n) is 20.3. The molecule has 6 aromatic carbocycles. The van der Waals surface area contributed by atoms with Gasteiger partial charge >= 0.3 is 0 Å². The van der Waals surface area contributed by atoms with Crippen molar-refractivity contribution in [1.82, 2.24) is 5.32 Å². The molecule has 0 aromatic heterocycles. The standard InChI is InChI=1S/C16H20ClFO.C15H22BrN.C14H18ClNO.2C14H20ClNO.C13H18BrNO/c1-11(2)15(19)16(8-4-3-5-9-16)12-6-7-13(17)14(18)10-12;1-11(2)12(3)15(4,9-10-17)13-5-7-14(16)8-6-13;1-10(2)13(17)14(7-8-16-9-14)11-3-5-12(15)6-4-11;2*1-10(2)13(17)14(3,8-9-16)11-4-6-12(15)7-5-11;1-9(2)13(16)12(7-8-15)10-3-5-11(14)6-4-10/h6-7,10-11H,3-5,8-9H2,1-2H3;5-8,11H,3,9-10,17H2,1-2,4H3;3-6,10,16H,7-9H2,1-2H3;2*4-7,10H,8-9,16H2,1-3H3;3-6,9,12H,7-8,15H2,1-2H3. The van der Waals surface area contributed by atoms with E-state index in [1.807, 2.05) is 186 Å². The van der Waals surface area contributed by atoms with E-state index in [1.165, 1.54) is 17.2 Å². The summed E-state index contributed by atoms with van der Waals surface area (Å²) in [4.78, 5) is 61.9. The number of ketones is 5. The van der Waals surface area contributed by atoms with Crippen molar-refractivity contribution in [2.75, 3.05) is 39.3 Å². The van der Waals surface area contributed by atoms with Crippen LogP contribution in [-0.2, 0) is 51.0 Å². The summed E-state index contributed by atoms with van der Waals surface area (Å²) in [6.07, 6.45) is 8.72. The van der Waals surface area contributed by atoms with Gasteiger partial charge in [-0.2, -0.15) is 0 Å². The number of hydrogen-bond acceptors (Lipinski definition) is 10. The van der Waals surface area contributed by atoms with Crippen molar-refractivity contribution in [2.45, 2.75) is 201 Å². The monoisotopic (exact) mass is 1620 g/mol. The molecule has 0 amide bonds. The summed E-state index contributed by atoms with van der Waals surface area (Å²) >= 11 is 30.3. The Kier molecular flexibility index (Phi) is 39.4. The van der Waals surface area contributed by atoms with Gasteiger partial charge in [0.15, 0.2) is 0 Å². The molecule has 2 fully saturated rings. The molecule has 2 aliphatic rings. The topological polar surface area (TPSA) is 201 Å². The number of Topliss-reactive ketones (excluding diaryl/α,β-unsaturated/α-hetero) is 5. The molecule has 1 aliphatic carbocycles. The Labute approximate surface area is 654 Å². The molecule has 1 saturated carbocycles. The molecule has 9 N–H and O–H groups in total. The maximum Gasteiger partial charge on any atom is 0.147 e. The number of rotatable bonds is 26. The number of carbonyl (C=O) groups excluding carboxylic acids is 5. The molecule has 10 nitrogen and oxygen atoms in total. The highest BCUT2D eigenvalue weighted by atomic mass is 79.9. The Morgan fingerprint density at radius 1 is 0.476 bits per heavy atom. The lowest BCUT2D eigenvalue weighted by molar-refractivity contribution is -0.129. The van der Waals surface area contributed by atoms with E-state index in [-0.39, 0.29) is 74.5 Å². The van der Waals surface area contributed by atoms with Crippen LogP contribution in [0.3, 0.4) is 0 Å². The van der Waals surface area contributed by atoms with Crippen LogP contribution in [0.4, 0.5) is 4.39 Å². The van der Waals surface area contributed by atoms with Gasteiger partial charge in [-0.05, 0) is 204 Å². The molecule has 103 heavy (non-hydrogen) atoms. The van der Waals surface area contributed by atoms with Crippen LogP contribution in [0.2, 0.25) is 20.1 Å². The highest BCUT2D eigenvalue weighted by Crippen LogP contribution is 2.44. The first-order chi connectivity index (χ1) is 48.3. The third-order valence-corrected chi connectivity index (χ3v) is 22.4. The van der Waals surface area contributed by atoms with Crippen LogP contribution in [0.5, 0.6) is 0 Å². The van der Waals surface area contributed by atoms with Crippen LogP contribution < -0.4 is 28.3 Å². The second-order valence-corrected chi connectivity index (χ2v) is 33.5. The Morgan fingerprint density at radius 3 is 1.21 bits per heavy atom. The van der Waals surface area contributed by atoms with Gasteiger partial charge in [-0.15, -0.1) is 0 Å². The number of halogens is 7. The van der Waals surface area contributed by atoms with Crippen LogP contribution in [0.15, 0.2) is 161 Å². The molecule has 17 heteroatoms. The molecule has 5 atom stereocenters. The summed E-state index contributed by atoms with van der Waals surface area (Å²) in [6, 6.07) is 43.9. The minimum atomic E-state index is -0.506. The second-order valence-electron chi connectivity index (χ2n) is 29.9. The lowest BCUT2D eigenvalue weighted by atomic mass is 9.64. The minimum Gasteiger partial charge on any atom is -0.330 e. The smallest absolute Gasteiger partial charge is 0.147 e. The summed E-state index contributed by atoms with van der Waals surface area (Å²) in [7, 11) is 0. The van der Waals surface area contributed by atoms with E-state index in [1.54, 1.807) is 6.07 Å². The molecule has 1 heterocycles. The van der Waals surface area contributed by atoms with Gasteiger partial charge in [0.2, 0.25) is 0 Å². The van der Waals surface area contributed by atoms with Crippen LogP contribution in [0.25, 0.3) is 0 Å². The molecule has 0 bridgehead atoms. The average molecular weight is 1620 g/mol. The fraction of sp³-hybridized carbons (Fsp3) is 0.500. The van der Waals surface area contributed by atoms with Crippen molar-refractivity contribution < 1.29 is 28.4 Å². The van der Waals surface area contributed by atoms with Crippen LogP contribution in [0, 0.1) is 41.3 Å². The number of nitrogens with two attached hydrogens (primary N) is 4. The maximum atomic E-state index is 13.7. The van der Waals surface area contributed by atoms with E-state index in [0.29, 0.717) is 65.8 Å². The van der Waals surface area contributed by atoms with Gasteiger partial charge in [0, 0.05) is 71.5 Å². The van der Waals surface area contributed by atoms with Crippen molar-refractivity contribution in [3.63, 3.8) is 0 Å². The van der Waals surface area contributed by atoms with Crippen molar-refractivity contribution in [1.29, 1.82) is 0 Å². The highest BCUT2D eigenvalue weighted by molar-refractivity contribution is 9.10. The van der Waals surface area contributed by atoms with Crippen molar-refractivity contribution in [2.24, 2.45) is 58.4 Å². The van der Waals surface area contributed by atoms with Gasteiger partial charge in [-0.3, -0.25) is 24.0 Å². The predicted molar refractivity (Wildman–Crippen MR) is 441 cm³/mol. The molecule has 0 spiro atoms. The van der Waals surface area contributed by atoms with E-state index in [0.717, 1.165) is 101 Å². The summed E-state index contributed by atoms with van der Waals surface area (Å²) in [6.45, 7) is 38.0.